The van der Waals surface area contributed by atoms with Crippen LogP contribution in [-0.2, 0) is 10.0 Å². The molecule has 1 aliphatic rings. The Hall–Kier alpha value is -1.07. The van der Waals surface area contributed by atoms with Gasteiger partial charge in [-0.15, -0.1) is 0 Å². The van der Waals surface area contributed by atoms with E-state index < -0.39 is 10.0 Å². The molecule has 0 radical (unpaired) electrons. The van der Waals surface area contributed by atoms with Crippen molar-refractivity contribution in [1.29, 1.82) is 0 Å². The summed E-state index contributed by atoms with van der Waals surface area (Å²) in [7, 11) is -3.17. The number of sulfonamides is 1. The molecule has 0 spiro atoms. The second kappa shape index (κ2) is 4.84. The normalized spacial score (nSPS) is 21.1. The van der Waals surface area contributed by atoms with E-state index in [1.54, 1.807) is 0 Å². The Morgan fingerprint density at radius 2 is 1.88 bits per heavy atom. The van der Waals surface area contributed by atoms with E-state index in [2.05, 4.69) is 5.32 Å². The number of rotatable bonds is 1. The number of nitrogens with zero attached hydrogens (tertiary/aromatic N) is 1. The minimum Gasteiger partial charge on any atom is -0.316 e. The third kappa shape index (κ3) is 2.54. The van der Waals surface area contributed by atoms with Crippen molar-refractivity contribution in [3.05, 3.63) is 30.3 Å². The molecule has 0 aromatic heterocycles. The fourth-order valence-corrected chi connectivity index (χ4v) is 3.28. The summed E-state index contributed by atoms with van der Waals surface area (Å²) in [4.78, 5) is 0. The standard InChI is InChI=1S/C11H16N2O2S/c14-16(15)10-8-12-7-4-9-13(16)11-5-2-1-3-6-11/h1-3,5-6,12H,4,7-10H2. The van der Waals surface area contributed by atoms with E-state index in [9.17, 15) is 8.42 Å². The minimum atomic E-state index is -3.17. The zero-order chi connectivity index (χ0) is 11.4. The Labute approximate surface area is 96.3 Å². The maximum atomic E-state index is 12.0. The van der Waals surface area contributed by atoms with Gasteiger partial charge in [-0.25, -0.2) is 8.42 Å². The average Bonchev–Trinajstić information content (AvgIpc) is 2.26. The molecule has 1 saturated heterocycles. The van der Waals surface area contributed by atoms with Gasteiger partial charge in [0.15, 0.2) is 0 Å². The molecular weight excluding hydrogens is 224 g/mol. The topological polar surface area (TPSA) is 49.4 Å². The van der Waals surface area contributed by atoms with Crippen molar-refractivity contribution >= 4 is 15.7 Å². The third-order valence-corrected chi connectivity index (χ3v) is 4.42. The number of hydrogen-bond acceptors (Lipinski definition) is 3. The molecule has 1 aliphatic heterocycles. The van der Waals surface area contributed by atoms with E-state index in [1.165, 1.54) is 4.31 Å². The highest BCUT2D eigenvalue weighted by Crippen LogP contribution is 2.18. The highest BCUT2D eigenvalue weighted by Gasteiger charge is 2.22. The first-order chi connectivity index (χ1) is 7.70. The Balaban J connectivity index is 2.29. The number of para-hydroxylation sites is 1. The lowest BCUT2D eigenvalue weighted by Crippen LogP contribution is -2.41. The van der Waals surface area contributed by atoms with Crippen molar-refractivity contribution < 1.29 is 8.42 Å². The van der Waals surface area contributed by atoms with Crippen LogP contribution in [0.2, 0.25) is 0 Å². The van der Waals surface area contributed by atoms with Crippen LogP contribution in [0, 0.1) is 0 Å². The fourth-order valence-electron chi connectivity index (χ4n) is 1.81. The van der Waals surface area contributed by atoms with Crippen molar-refractivity contribution in [2.75, 3.05) is 29.7 Å². The van der Waals surface area contributed by atoms with Crippen molar-refractivity contribution in [3.63, 3.8) is 0 Å². The highest BCUT2D eigenvalue weighted by atomic mass is 32.2. The molecule has 4 nitrogen and oxygen atoms in total. The van der Waals surface area contributed by atoms with E-state index in [4.69, 9.17) is 0 Å². The van der Waals surface area contributed by atoms with Crippen LogP contribution in [0.25, 0.3) is 0 Å². The van der Waals surface area contributed by atoms with E-state index in [0.29, 0.717) is 13.1 Å². The molecule has 0 atom stereocenters. The fraction of sp³-hybridized carbons (Fsp3) is 0.455. The van der Waals surface area contributed by atoms with Gasteiger partial charge >= 0.3 is 0 Å². The lowest BCUT2D eigenvalue weighted by molar-refractivity contribution is 0.572. The van der Waals surface area contributed by atoms with Crippen LogP contribution in [0.4, 0.5) is 5.69 Å². The average molecular weight is 240 g/mol. The summed E-state index contributed by atoms with van der Waals surface area (Å²) in [5.74, 6) is 0.169. The summed E-state index contributed by atoms with van der Waals surface area (Å²) in [5, 5.41) is 3.11. The third-order valence-electron chi connectivity index (χ3n) is 2.63. The number of nitrogens with one attached hydrogen (secondary N) is 1. The summed E-state index contributed by atoms with van der Waals surface area (Å²) in [5.41, 5.74) is 0.768. The summed E-state index contributed by atoms with van der Waals surface area (Å²) in [6.07, 6.45) is 0.841. The molecule has 1 aromatic rings. The lowest BCUT2D eigenvalue weighted by Gasteiger charge is -2.26. The molecule has 0 amide bonds. The van der Waals surface area contributed by atoms with Crippen LogP contribution in [-0.4, -0.2) is 33.8 Å². The van der Waals surface area contributed by atoms with E-state index in [1.807, 2.05) is 30.3 Å². The molecule has 0 saturated carbocycles. The molecule has 88 valence electrons. The van der Waals surface area contributed by atoms with Gasteiger partial charge in [-0.05, 0) is 25.1 Å². The molecule has 0 bridgehead atoms. The first kappa shape index (κ1) is 11.4. The van der Waals surface area contributed by atoms with Crippen molar-refractivity contribution in [2.45, 2.75) is 6.42 Å². The maximum absolute atomic E-state index is 12.0. The maximum Gasteiger partial charge on any atom is 0.236 e. The summed E-state index contributed by atoms with van der Waals surface area (Å²) in [6.45, 7) is 1.96. The molecule has 1 fully saturated rings. The number of benzene rings is 1. The van der Waals surface area contributed by atoms with Crippen LogP contribution in [0.15, 0.2) is 30.3 Å². The second-order valence-electron chi connectivity index (χ2n) is 3.83. The lowest BCUT2D eigenvalue weighted by atomic mass is 10.3. The highest BCUT2D eigenvalue weighted by molar-refractivity contribution is 7.92. The van der Waals surface area contributed by atoms with Crippen LogP contribution < -0.4 is 9.62 Å². The zero-order valence-electron chi connectivity index (χ0n) is 9.09. The molecule has 0 unspecified atom stereocenters. The monoisotopic (exact) mass is 240 g/mol. The van der Waals surface area contributed by atoms with Gasteiger partial charge in [-0.3, -0.25) is 4.31 Å². The first-order valence-electron chi connectivity index (χ1n) is 5.46. The van der Waals surface area contributed by atoms with E-state index in [-0.39, 0.29) is 5.75 Å². The van der Waals surface area contributed by atoms with Crippen LogP contribution >= 0.6 is 0 Å². The molecule has 1 N–H and O–H groups in total. The summed E-state index contributed by atoms with van der Waals surface area (Å²) >= 11 is 0. The number of anilines is 1. The van der Waals surface area contributed by atoms with Crippen LogP contribution in [0.3, 0.4) is 0 Å². The summed E-state index contributed by atoms with van der Waals surface area (Å²) < 4.78 is 25.6. The molecular formula is C11H16N2O2S. The van der Waals surface area contributed by atoms with Gasteiger partial charge in [0.1, 0.15) is 0 Å². The Morgan fingerprint density at radius 1 is 1.12 bits per heavy atom. The van der Waals surface area contributed by atoms with Gasteiger partial charge in [0.2, 0.25) is 10.0 Å². The van der Waals surface area contributed by atoms with Crippen LogP contribution in [0.5, 0.6) is 0 Å². The minimum absolute atomic E-state index is 0.169. The molecule has 2 rings (SSSR count). The molecule has 0 aliphatic carbocycles. The predicted octanol–water partition coefficient (Wildman–Crippen LogP) is 0.816. The van der Waals surface area contributed by atoms with Gasteiger partial charge in [-0.2, -0.15) is 0 Å². The van der Waals surface area contributed by atoms with Crippen LogP contribution in [0.1, 0.15) is 6.42 Å². The summed E-state index contributed by atoms with van der Waals surface area (Å²) in [6, 6.07) is 9.30. The van der Waals surface area contributed by atoms with Gasteiger partial charge in [0.25, 0.3) is 0 Å². The molecule has 16 heavy (non-hydrogen) atoms. The first-order valence-corrected chi connectivity index (χ1v) is 7.07. The Bertz CT molecular complexity index is 431. The largest absolute Gasteiger partial charge is 0.316 e. The zero-order valence-corrected chi connectivity index (χ0v) is 9.91. The smallest absolute Gasteiger partial charge is 0.236 e. The van der Waals surface area contributed by atoms with Gasteiger partial charge < -0.3 is 5.32 Å². The SMILES string of the molecule is O=S1(=O)CCNCCCN1c1ccccc1. The van der Waals surface area contributed by atoms with Gasteiger partial charge in [-0.1, -0.05) is 18.2 Å². The number of hydrogen-bond donors (Lipinski definition) is 1. The molecule has 5 heteroatoms. The van der Waals surface area contributed by atoms with E-state index in [0.717, 1.165) is 18.7 Å². The Kier molecular flexibility index (Phi) is 3.46. The van der Waals surface area contributed by atoms with Crippen molar-refractivity contribution in [2.24, 2.45) is 0 Å². The quantitative estimate of drug-likeness (QED) is 0.790. The van der Waals surface area contributed by atoms with Gasteiger partial charge in [0, 0.05) is 13.1 Å². The second-order valence-corrected chi connectivity index (χ2v) is 5.84. The molecule has 1 aromatic carbocycles. The molecule has 1 heterocycles. The predicted molar refractivity (Wildman–Crippen MR) is 65.1 cm³/mol. The van der Waals surface area contributed by atoms with Crippen molar-refractivity contribution in [1.82, 2.24) is 5.32 Å². The Morgan fingerprint density at radius 3 is 2.62 bits per heavy atom. The van der Waals surface area contributed by atoms with Gasteiger partial charge in [0.05, 0.1) is 11.4 Å². The van der Waals surface area contributed by atoms with E-state index >= 15 is 0 Å². The van der Waals surface area contributed by atoms with Crippen molar-refractivity contribution in [3.8, 4) is 0 Å².